The predicted octanol–water partition coefficient (Wildman–Crippen LogP) is 1.93. The molecule has 1 heterocycles. The van der Waals surface area contributed by atoms with Crippen molar-refractivity contribution in [3.8, 4) is 0 Å². The summed E-state index contributed by atoms with van der Waals surface area (Å²) >= 11 is 0. The van der Waals surface area contributed by atoms with Gasteiger partial charge >= 0.3 is 6.18 Å². The summed E-state index contributed by atoms with van der Waals surface area (Å²) in [4.78, 5) is 0. The second-order valence-corrected chi connectivity index (χ2v) is 4.69. The number of alkyl halides is 3. The van der Waals surface area contributed by atoms with Crippen LogP contribution in [0, 0.1) is 0 Å². The van der Waals surface area contributed by atoms with E-state index in [0.717, 1.165) is 25.7 Å². The fourth-order valence-corrected chi connectivity index (χ4v) is 2.34. The van der Waals surface area contributed by atoms with Crippen LogP contribution in [0.5, 0.6) is 0 Å². The van der Waals surface area contributed by atoms with Crippen LogP contribution >= 0.6 is 0 Å². The zero-order valence-electron chi connectivity index (χ0n) is 9.95. The van der Waals surface area contributed by atoms with E-state index in [1.807, 2.05) is 0 Å². The Labute approximate surface area is 103 Å². The number of nitrogens with two attached hydrogens (primary N) is 1. The van der Waals surface area contributed by atoms with E-state index in [1.54, 1.807) is 22.4 Å². The molecule has 7 heteroatoms. The molecule has 0 aliphatic heterocycles. The minimum atomic E-state index is -4.36. The van der Waals surface area contributed by atoms with Crippen molar-refractivity contribution in [2.75, 3.05) is 0 Å². The molecule has 0 saturated heterocycles. The van der Waals surface area contributed by atoms with Gasteiger partial charge in [-0.05, 0) is 18.9 Å². The molecule has 0 bridgehead atoms. The van der Waals surface area contributed by atoms with Crippen LogP contribution in [0.2, 0.25) is 0 Å². The smallest absolute Gasteiger partial charge is 0.271 e. The van der Waals surface area contributed by atoms with E-state index < -0.39 is 12.2 Å². The Morgan fingerprint density at radius 1 is 1.44 bits per heavy atom. The second kappa shape index (κ2) is 5.27. The molecular weight excluding hydrogens is 245 g/mol. The summed E-state index contributed by atoms with van der Waals surface area (Å²) in [5.41, 5.74) is 2.21. The highest BCUT2D eigenvalue weighted by Crippen LogP contribution is 2.29. The van der Waals surface area contributed by atoms with Crippen molar-refractivity contribution in [1.82, 2.24) is 15.2 Å². The third kappa shape index (κ3) is 3.02. The van der Waals surface area contributed by atoms with Crippen LogP contribution in [-0.2, 0) is 6.42 Å². The quantitative estimate of drug-likeness (QED) is 0.644. The van der Waals surface area contributed by atoms with E-state index in [9.17, 15) is 13.2 Å². The van der Waals surface area contributed by atoms with E-state index in [-0.39, 0.29) is 6.42 Å². The van der Waals surface area contributed by atoms with Gasteiger partial charge in [-0.25, -0.2) is 5.43 Å². The Balaban J connectivity index is 2.01. The largest absolute Gasteiger partial charge is 0.405 e. The first-order valence-corrected chi connectivity index (χ1v) is 6.07. The van der Waals surface area contributed by atoms with Gasteiger partial charge in [-0.3, -0.25) is 10.5 Å². The fraction of sp³-hybridized carbons (Fsp3) is 0.727. The number of nitrogens with one attached hydrogen (secondary N) is 1. The van der Waals surface area contributed by atoms with E-state index in [4.69, 9.17) is 5.84 Å². The fourth-order valence-electron chi connectivity index (χ4n) is 2.34. The zero-order valence-corrected chi connectivity index (χ0v) is 9.95. The number of hydrogen-bond acceptors (Lipinski definition) is 3. The van der Waals surface area contributed by atoms with E-state index in [1.165, 1.54) is 0 Å². The van der Waals surface area contributed by atoms with Gasteiger partial charge in [-0.1, -0.05) is 12.8 Å². The lowest BCUT2D eigenvalue weighted by Gasteiger charge is -2.18. The van der Waals surface area contributed by atoms with Crippen molar-refractivity contribution in [3.05, 3.63) is 18.0 Å². The van der Waals surface area contributed by atoms with Crippen LogP contribution in [0.25, 0.3) is 0 Å². The van der Waals surface area contributed by atoms with Crippen molar-refractivity contribution in [3.63, 3.8) is 0 Å². The highest BCUT2D eigenvalue weighted by atomic mass is 19.4. The van der Waals surface area contributed by atoms with Crippen molar-refractivity contribution >= 4 is 0 Å². The minimum Gasteiger partial charge on any atom is -0.271 e. The molecule has 1 aliphatic rings. The summed E-state index contributed by atoms with van der Waals surface area (Å²) in [6.07, 6.45) is 1.60. The Kier molecular flexibility index (Phi) is 3.91. The van der Waals surface area contributed by atoms with Crippen LogP contribution in [0.15, 0.2) is 12.3 Å². The molecule has 1 unspecified atom stereocenters. The van der Waals surface area contributed by atoms with Crippen molar-refractivity contribution in [2.45, 2.75) is 50.4 Å². The molecule has 18 heavy (non-hydrogen) atoms. The van der Waals surface area contributed by atoms with Crippen LogP contribution < -0.4 is 11.3 Å². The lowest BCUT2D eigenvalue weighted by atomic mass is 10.1. The van der Waals surface area contributed by atoms with E-state index >= 15 is 0 Å². The average Bonchev–Trinajstić information content (AvgIpc) is 2.94. The first kappa shape index (κ1) is 13.4. The molecule has 0 radical (unpaired) electrons. The predicted molar refractivity (Wildman–Crippen MR) is 60.6 cm³/mol. The molecule has 1 aliphatic carbocycles. The molecule has 4 nitrogen and oxygen atoms in total. The third-order valence-corrected chi connectivity index (χ3v) is 3.37. The maximum atomic E-state index is 12.5. The number of hydrazine groups is 1. The van der Waals surface area contributed by atoms with Crippen LogP contribution in [0.4, 0.5) is 13.2 Å². The average molecular weight is 262 g/mol. The van der Waals surface area contributed by atoms with Crippen molar-refractivity contribution in [2.24, 2.45) is 5.84 Å². The molecule has 0 aromatic carbocycles. The second-order valence-electron chi connectivity index (χ2n) is 4.69. The molecule has 0 spiro atoms. The molecular formula is C11H17F3N4. The normalized spacial score (nSPS) is 19.3. The van der Waals surface area contributed by atoms with Crippen LogP contribution in [-0.4, -0.2) is 22.0 Å². The van der Waals surface area contributed by atoms with Gasteiger partial charge in [0.05, 0.1) is 11.7 Å². The van der Waals surface area contributed by atoms with Gasteiger partial charge < -0.3 is 0 Å². The Hall–Kier alpha value is -1.08. The van der Waals surface area contributed by atoms with Gasteiger partial charge in [0.25, 0.3) is 0 Å². The molecule has 1 saturated carbocycles. The summed E-state index contributed by atoms with van der Waals surface area (Å²) in [6.45, 7) is 0. The molecule has 1 aromatic heterocycles. The highest BCUT2D eigenvalue weighted by molar-refractivity contribution is 5.03. The molecule has 2 rings (SSSR count). The zero-order chi connectivity index (χ0) is 13.2. The van der Waals surface area contributed by atoms with Crippen molar-refractivity contribution < 1.29 is 13.2 Å². The van der Waals surface area contributed by atoms with Crippen LogP contribution in [0.3, 0.4) is 0 Å². The Morgan fingerprint density at radius 2 is 2.11 bits per heavy atom. The molecule has 3 N–H and O–H groups in total. The number of nitrogens with zero attached hydrogens (tertiary/aromatic N) is 2. The monoisotopic (exact) mass is 262 g/mol. The van der Waals surface area contributed by atoms with Gasteiger partial charge in [0.15, 0.2) is 0 Å². The maximum Gasteiger partial charge on any atom is 0.405 e. The Morgan fingerprint density at radius 3 is 2.67 bits per heavy atom. The highest BCUT2D eigenvalue weighted by Gasteiger charge is 2.39. The third-order valence-electron chi connectivity index (χ3n) is 3.37. The van der Waals surface area contributed by atoms with E-state index in [0.29, 0.717) is 11.7 Å². The number of hydrogen-bond donors (Lipinski definition) is 2. The molecule has 1 fully saturated rings. The van der Waals surface area contributed by atoms with Crippen molar-refractivity contribution in [1.29, 1.82) is 0 Å². The SMILES string of the molecule is NNC(Cc1ccn(C2CCCC2)n1)C(F)(F)F. The topological polar surface area (TPSA) is 55.9 Å². The van der Waals surface area contributed by atoms with Gasteiger partial charge in [-0.15, -0.1) is 0 Å². The van der Waals surface area contributed by atoms with Gasteiger partial charge in [0, 0.05) is 12.6 Å². The summed E-state index contributed by atoms with van der Waals surface area (Å²) in [7, 11) is 0. The number of rotatable bonds is 4. The molecule has 1 atom stereocenters. The lowest BCUT2D eigenvalue weighted by molar-refractivity contribution is -0.155. The number of aromatic nitrogens is 2. The molecule has 102 valence electrons. The summed E-state index contributed by atoms with van der Waals surface area (Å²) in [6, 6.07) is 0.229. The summed E-state index contributed by atoms with van der Waals surface area (Å²) < 4.78 is 39.4. The van der Waals surface area contributed by atoms with Gasteiger partial charge in [-0.2, -0.15) is 18.3 Å². The standard InChI is InChI=1S/C11H17F3N4/c12-11(13,14)10(16-15)7-8-5-6-18(17-8)9-3-1-2-4-9/h5-6,9-10,16H,1-4,7,15H2. The molecule has 1 aromatic rings. The summed E-state index contributed by atoms with van der Waals surface area (Å²) in [5, 5.41) is 4.21. The van der Waals surface area contributed by atoms with Gasteiger partial charge in [0.2, 0.25) is 0 Å². The molecule has 0 amide bonds. The minimum absolute atomic E-state index is 0.236. The first-order valence-electron chi connectivity index (χ1n) is 6.07. The van der Waals surface area contributed by atoms with Crippen LogP contribution in [0.1, 0.15) is 37.4 Å². The first-order chi connectivity index (χ1) is 8.50. The Bertz CT molecular complexity index is 382. The number of halogens is 3. The lowest BCUT2D eigenvalue weighted by Crippen LogP contribution is -2.47. The maximum absolute atomic E-state index is 12.5. The van der Waals surface area contributed by atoms with E-state index in [2.05, 4.69) is 5.10 Å². The van der Waals surface area contributed by atoms with Gasteiger partial charge in [0.1, 0.15) is 6.04 Å². The summed E-state index contributed by atoms with van der Waals surface area (Å²) in [5.74, 6) is 4.93.